The van der Waals surface area contributed by atoms with Crippen LogP contribution < -0.4 is 10.1 Å². The Morgan fingerprint density at radius 2 is 1.89 bits per heavy atom. The van der Waals surface area contributed by atoms with Crippen LogP contribution in [0.5, 0.6) is 5.75 Å². The zero-order valence-electron chi connectivity index (χ0n) is 17.0. The molecular formula is C24H31NO2. The lowest BCUT2D eigenvalue weighted by atomic mass is 9.91. The third kappa shape index (κ3) is 4.52. The molecule has 0 bridgehead atoms. The zero-order valence-corrected chi connectivity index (χ0v) is 17.0. The maximum Gasteiger partial charge on any atom is 0.261 e. The average molecular weight is 366 g/mol. The molecule has 1 amide bonds. The Hall–Kier alpha value is -2.29. The van der Waals surface area contributed by atoms with Crippen LogP contribution in [0.3, 0.4) is 0 Å². The van der Waals surface area contributed by atoms with Crippen molar-refractivity contribution in [2.75, 3.05) is 0 Å². The lowest BCUT2D eigenvalue weighted by Crippen LogP contribution is -2.38. The molecule has 27 heavy (non-hydrogen) atoms. The molecule has 3 heteroatoms. The van der Waals surface area contributed by atoms with Gasteiger partial charge in [0.15, 0.2) is 6.10 Å². The Balaban J connectivity index is 1.69. The van der Waals surface area contributed by atoms with Gasteiger partial charge in [-0.15, -0.1) is 0 Å². The van der Waals surface area contributed by atoms with Gasteiger partial charge < -0.3 is 10.1 Å². The van der Waals surface area contributed by atoms with Crippen LogP contribution in [0.2, 0.25) is 0 Å². The van der Waals surface area contributed by atoms with Gasteiger partial charge in [-0.1, -0.05) is 37.3 Å². The van der Waals surface area contributed by atoms with Gasteiger partial charge in [0.05, 0.1) is 6.04 Å². The first-order valence-electron chi connectivity index (χ1n) is 10.1. The van der Waals surface area contributed by atoms with Gasteiger partial charge in [-0.25, -0.2) is 0 Å². The van der Waals surface area contributed by atoms with Crippen molar-refractivity contribution in [1.29, 1.82) is 0 Å². The molecule has 2 aromatic carbocycles. The summed E-state index contributed by atoms with van der Waals surface area (Å²) < 4.78 is 6.09. The molecule has 1 aliphatic carbocycles. The van der Waals surface area contributed by atoms with Crippen molar-refractivity contribution in [2.45, 2.75) is 71.9 Å². The highest BCUT2D eigenvalue weighted by molar-refractivity contribution is 5.81. The Bertz CT molecular complexity index is 812. The van der Waals surface area contributed by atoms with E-state index in [9.17, 15) is 4.79 Å². The van der Waals surface area contributed by atoms with E-state index in [1.54, 1.807) is 0 Å². The number of benzene rings is 2. The summed E-state index contributed by atoms with van der Waals surface area (Å²) >= 11 is 0. The van der Waals surface area contributed by atoms with Crippen LogP contribution in [-0.4, -0.2) is 12.0 Å². The van der Waals surface area contributed by atoms with Crippen LogP contribution in [0, 0.1) is 13.8 Å². The summed E-state index contributed by atoms with van der Waals surface area (Å²) in [4.78, 5) is 12.8. The topological polar surface area (TPSA) is 38.3 Å². The van der Waals surface area contributed by atoms with Crippen molar-refractivity contribution in [3.63, 3.8) is 0 Å². The van der Waals surface area contributed by atoms with Crippen molar-refractivity contribution in [3.05, 3.63) is 64.2 Å². The minimum Gasteiger partial charge on any atom is -0.481 e. The highest BCUT2D eigenvalue weighted by Gasteiger charge is 2.22. The summed E-state index contributed by atoms with van der Waals surface area (Å²) in [5.74, 6) is 0.808. The predicted molar refractivity (Wildman–Crippen MR) is 110 cm³/mol. The molecule has 0 aromatic heterocycles. The number of hydrogen-bond donors (Lipinski definition) is 1. The number of fused-ring (bicyclic) bond motifs is 1. The molecule has 3 nitrogen and oxygen atoms in total. The van der Waals surface area contributed by atoms with E-state index in [2.05, 4.69) is 50.4 Å². The minimum absolute atomic E-state index is 0.00698. The van der Waals surface area contributed by atoms with Crippen LogP contribution in [0.25, 0.3) is 0 Å². The monoisotopic (exact) mass is 365 g/mol. The fourth-order valence-electron chi connectivity index (χ4n) is 3.79. The van der Waals surface area contributed by atoms with E-state index in [-0.39, 0.29) is 11.9 Å². The van der Waals surface area contributed by atoms with Crippen LogP contribution in [0.4, 0.5) is 0 Å². The second-order valence-corrected chi connectivity index (χ2v) is 7.67. The first-order chi connectivity index (χ1) is 13.0. The first kappa shape index (κ1) is 19.5. The largest absolute Gasteiger partial charge is 0.481 e. The minimum atomic E-state index is -0.515. The number of aryl methyl sites for hydroxylation is 3. The molecule has 0 fully saturated rings. The fraction of sp³-hybridized carbons (Fsp3) is 0.458. The molecule has 1 aliphatic rings. The summed E-state index contributed by atoms with van der Waals surface area (Å²) in [5, 5.41) is 3.17. The molecule has 0 heterocycles. The number of amides is 1. The normalized spacial score (nSPS) is 15.6. The first-order valence-corrected chi connectivity index (χ1v) is 10.1. The van der Waals surface area contributed by atoms with Gasteiger partial charge in [-0.05, 0) is 86.8 Å². The number of carbonyl (C=O) groups excluding carboxylic acids is 1. The number of carbonyl (C=O) groups is 1. The smallest absolute Gasteiger partial charge is 0.261 e. The molecule has 3 rings (SSSR count). The van der Waals surface area contributed by atoms with E-state index in [1.165, 1.54) is 35.1 Å². The number of ether oxygens (including phenoxy) is 1. The average Bonchev–Trinajstić information content (AvgIpc) is 2.68. The zero-order chi connectivity index (χ0) is 19.4. The second kappa shape index (κ2) is 8.60. The highest BCUT2D eigenvalue weighted by Crippen LogP contribution is 2.30. The van der Waals surface area contributed by atoms with Crippen molar-refractivity contribution < 1.29 is 9.53 Å². The Morgan fingerprint density at radius 1 is 1.11 bits per heavy atom. The molecule has 1 N–H and O–H groups in total. The molecule has 2 aromatic rings. The van der Waals surface area contributed by atoms with Crippen LogP contribution >= 0.6 is 0 Å². The van der Waals surface area contributed by atoms with Gasteiger partial charge in [0.25, 0.3) is 5.91 Å². The maximum absolute atomic E-state index is 12.8. The summed E-state index contributed by atoms with van der Waals surface area (Å²) in [6.07, 6.45) is 4.91. The third-order valence-corrected chi connectivity index (χ3v) is 5.68. The Kier molecular flexibility index (Phi) is 6.20. The maximum atomic E-state index is 12.8. The molecule has 2 atom stereocenters. The highest BCUT2D eigenvalue weighted by atomic mass is 16.5. The lowest BCUT2D eigenvalue weighted by molar-refractivity contribution is -0.128. The van der Waals surface area contributed by atoms with Crippen molar-refractivity contribution in [1.82, 2.24) is 5.32 Å². The standard InChI is InChI=1S/C24H31NO2/c1-5-22(20-14-13-16(2)17(3)15-20)25-24(26)18(4)27-23-12-8-10-19-9-6-7-11-21(19)23/h8,10,12-15,18,22H,5-7,9,11H2,1-4H3,(H,25,26)/t18-,22+/m0/s1. The number of rotatable bonds is 6. The lowest BCUT2D eigenvalue weighted by Gasteiger charge is -2.24. The van der Waals surface area contributed by atoms with Gasteiger partial charge in [-0.2, -0.15) is 0 Å². The van der Waals surface area contributed by atoms with Gasteiger partial charge in [0.2, 0.25) is 0 Å². The number of nitrogens with one attached hydrogen (secondary N) is 1. The van der Waals surface area contributed by atoms with E-state index in [0.717, 1.165) is 30.6 Å². The molecular weight excluding hydrogens is 334 g/mol. The molecule has 0 spiro atoms. The Labute approximate surface area is 163 Å². The van der Waals surface area contributed by atoms with E-state index in [1.807, 2.05) is 19.1 Å². The summed E-state index contributed by atoms with van der Waals surface area (Å²) in [6.45, 7) is 8.15. The van der Waals surface area contributed by atoms with Gasteiger partial charge >= 0.3 is 0 Å². The molecule has 0 aliphatic heterocycles. The van der Waals surface area contributed by atoms with Crippen molar-refractivity contribution in [2.24, 2.45) is 0 Å². The molecule has 0 unspecified atom stereocenters. The van der Waals surface area contributed by atoms with E-state index < -0.39 is 6.10 Å². The Morgan fingerprint density at radius 3 is 2.63 bits per heavy atom. The van der Waals surface area contributed by atoms with E-state index >= 15 is 0 Å². The van der Waals surface area contributed by atoms with Crippen molar-refractivity contribution >= 4 is 5.91 Å². The summed E-state index contributed by atoms with van der Waals surface area (Å²) in [5.41, 5.74) is 6.32. The second-order valence-electron chi connectivity index (χ2n) is 7.67. The van der Waals surface area contributed by atoms with Gasteiger partial charge in [0, 0.05) is 0 Å². The van der Waals surface area contributed by atoms with Crippen LogP contribution in [-0.2, 0) is 17.6 Å². The summed E-state index contributed by atoms with van der Waals surface area (Å²) in [6, 6.07) is 12.6. The molecule has 144 valence electrons. The predicted octanol–water partition coefficient (Wildman–Crippen LogP) is 5.22. The molecule has 0 saturated carbocycles. The van der Waals surface area contributed by atoms with Crippen LogP contribution in [0.15, 0.2) is 36.4 Å². The fourth-order valence-corrected chi connectivity index (χ4v) is 3.79. The van der Waals surface area contributed by atoms with Crippen molar-refractivity contribution in [3.8, 4) is 5.75 Å². The van der Waals surface area contributed by atoms with Gasteiger partial charge in [0.1, 0.15) is 5.75 Å². The van der Waals surface area contributed by atoms with E-state index in [4.69, 9.17) is 4.74 Å². The third-order valence-electron chi connectivity index (χ3n) is 5.68. The number of hydrogen-bond acceptors (Lipinski definition) is 2. The van der Waals surface area contributed by atoms with Crippen LogP contribution in [0.1, 0.15) is 67.0 Å². The summed E-state index contributed by atoms with van der Waals surface area (Å²) in [7, 11) is 0. The molecule has 0 radical (unpaired) electrons. The quantitative estimate of drug-likeness (QED) is 0.762. The van der Waals surface area contributed by atoms with E-state index in [0.29, 0.717) is 0 Å². The molecule has 0 saturated heterocycles. The SMILES string of the molecule is CC[C@@H](NC(=O)[C@H](C)Oc1cccc2c1CCCC2)c1ccc(C)c(C)c1. The van der Waals surface area contributed by atoms with Gasteiger partial charge in [-0.3, -0.25) is 4.79 Å².